The van der Waals surface area contributed by atoms with Crippen LogP contribution < -0.4 is 5.73 Å². The molecule has 0 aromatic carbocycles. The lowest BCUT2D eigenvalue weighted by Crippen LogP contribution is -2.33. The topological polar surface area (TPSA) is 61.6 Å². The summed E-state index contributed by atoms with van der Waals surface area (Å²) in [5.74, 6) is -4.19. The van der Waals surface area contributed by atoms with E-state index in [9.17, 15) is 22.4 Å². The highest BCUT2D eigenvalue weighted by molar-refractivity contribution is 5.64. The first-order valence-electron chi connectivity index (χ1n) is 3.52. The monoisotopic (exact) mass is 219 g/mol. The minimum Gasteiger partial charge on any atom is -0.447 e. The van der Waals surface area contributed by atoms with Crippen molar-refractivity contribution in [1.82, 2.24) is 0 Å². The van der Waals surface area contributed by atoms with E-state index in [2.05, 4.69) is 15.2 Å². The van der Waals surface area contributed by atoms with Gasteiger partial charge >= 0.3 is 18.4 Å². The standard InChI is InChI=1S/C6H9F4NO3/c7-4(8)6(9,10)3-13-1-2-14-5(11)12/h4H,1-3H2,(H2,11,12). The Balaban J connectivity index is 3.49. The predicted molar refractivity (Wildman–Crippen MR) is 37.3 cm³/mol. The summed E-state index contributed by atoms with van der Waals surface area (Å²) in [5.41, 5.74) is 4.52. The van der Waals surface area contributed by atoms with Crippen LogP contribution in [0.3, 0.4) is 0 Å². The highest BCUT2D eigenvalue weighted by atomic mass is 19.3. The number of rotatable bonds is 6. The van der Waals surface area contributed by atoms with Gasteiger partial charge in [-0.15, -0.1) is 0 Å². The maximum Gasteiger partial charge on any atom is 0.404 e. The minimum absolute atomic E-state index is 0.353. The van der Waals surface area contributed by atoms with Gasteiger partial charge in [-0.2, -0.15) is 8.78 Å². The Hall–Kier alpha value is -1.05. The third-order valence-electron chi connectivity index (χ3n) is 1.09. The van der Waals surface area contributed by atoms with Gasteiger partial charge in [0.15, 0.2) is 0 Å². The Morgan fingerprint density at radius 2 is 1.93 bits per heavy atom. The molecule has 0 aliphatic carbocycles. The smallest absolute Gasteiger partial charge is 0.404 e. The normalized spacial score (nSPS) is 11.8. The summed E-state index contributed by atoms with van der Waals surface area (Å²) in [5, 5.41) is 0. The van der Waals surface area contributed by atoms with E-state index >= 15 is 0 Å². The highest BCUT2D eigenvalue weighted by Gasteiger charge is 2.40. The zero-order valence-electron chi connectivity index (χ0n) is 7.01. The lowest BCUT2D eigenvalue weighted by Gasteiger charge is -2.14. The molecule has 0 fully saturated rings. The zero-order valence-corrected chi connectivity index (χ0v) is 7.01. The van der Waals surface area contributed by atoms with Gasteiger partial charge in [-0.1, -0.05) is 0 Å². The van der Waals surface area contributed by atoms with Gasteiger partial charge in [0.25, 0.3) is 0 Å². The van der Waals surface area contributed by atoms with Crippen molar-refractivity contribution in [3.63, 3.8) is 0 Å². The van der Waals surface area contributed by atoms with Gasteiger partial charge in [-0.05, 0) is 0 Å². The summed E-state index contributed by atoms with van der Waals surface area (Å²) in [6.45, 7) is -2.19. The van der Waals surface area contributed by atoms with E-state index < -0.39 is 31.7 Å². The number of carbonyl (C=O) groups is 1. The molecule has 1 amide bonds. The number of halogens is 4. The molecule has 8 heteroatoms. The SMILES string of the molecule is NC(=O)OCCOCC(F)(F)C(F)F. The van der Waals surface area contributed by atoms with E-state index in [-0.39, 0.29) is 6.61 Å². The molecule has 0 aliphatic rings. The number of primary amides is 1. The summed E-state index contributed by atoms with van der Waals surface area (Å²) in [6.07, 6.45) is -4.87. The lowest BCUT2D eigenvalue weighted by molar-refractivity contribution is -0.167. The largest absolute Gasteiger partial charge is 0.447 e. The van der Waals surface area contributed by atoms with E-state index in [1.165, 1.54) is 0 Å². The van der Waals surface area contributed by atoms with Crippen LogP contribution in [-0.4, -0.2) is 38.3 Å². The van der Waals surface area contributed by atoms with Gasteiger partial charge in [0.1, 0.15) is 13.2 Å². The zero-order chi connectivity index (χ0) is 11.2. The summed E-state index contributed by atoms with van der Waals surface area (Å²) in [7, 11) is 0. The first kappa shape index (κ1) is 12.9. The molecular weight excluding hydrogens is 210 g/mol. The van der Waals surface area contributed by atoms with Gasteiger partial charge in [0, 0.05) is 0 Å². The quantitative estimate of drug-likeness (QED) is 0.535. The van der Waals surface area contributed by atoms with Crippen LogP contribution in [-0.2, 0) is 9.47 Å². The Kier molecular flexibility index (Phi) is 5.21. The number of ether oxygens (including phenoxy) is 2. The molecule has 0 atom stereocenters. The van der Waals surface area contributed by atoms with Crippen molar-refractivity contribution < 1.29 is 31.8 Å². The number of carbonyl (C=O) groups excluding carboxylic acids is 1. The van der Waals surface area contributed by atoms with Gasteiger partial charge < -0.3 is 15.2 Å². The van der Waals surface area contributed by atoms with Crippen LogP contribution in [0.25, 0.3) is 0 Å². The molecule has 0 aliphatic heterocycles. The summed E-state index contributed by atoms with van der Waals surface area (Å²) in [4.78, 5) is 9.94. The van der Waals surface area contributed by atoms with Gasteiger partial charge in [-0.25, -0.2) is 13.6 Å². The Morgan fingerprint density at radius 1 is 1.36 bits per heavy atom. The van der Waals surface area contributed by atoms with Crippen LogP contribution in [0.5, 0.6) is 0 Å². The van der Waals surface area contributed by atoms with Crippen LogP contribution in [0, 0.1) is 0 Å². The van der Waals surface area contributed by atoms with E-state index in [1.807, 2.05) is 0 Å². The van der Waals surface area contributed by atoms with E-state index in [0.717, 1.165) is 0 Å². The fraction of sp³-hybridized carbons (Fsp3) is 0.833. The van der Waals surface area contributed by atoms with Gasteiger partial charge in [-0.3, -0.25) is 0 Å². The van der Waals surface area contributed by atoms with Crippen molar-refractivity contribution >= 4 is 6.09 Å². The Morgan fingerprint density at radius 3 is 2.36 bits per heavy atom. The third kappa shape index (κ3) is 5.57. The molecule has 0 rings (SSSR count). The van der Waals surface area contributed by atoms with Crippen LogP contribution in [0.15, 0.2) is 0 Å². The van der Waals surface area contributed by atoms with E-state index in [1.54, 1.807) is 0 Å². The van der Waals surface area contributed by atoms with Gasteiger partial charge in [0.2, 0.25) is 0 Å². The average molecular weight is 219 g/mol. The summed E-state index contributed by atoms with van der Waals surface area (Å²) >= 11 is 0. The molecule has 0 unspecified atom stereocenters. The van der Waals surface area contributed by atoms with Crippen molar-refractivity contribution in [3.8, 4) is 0 Å². The fourth-order valence-electron chi connectivity index (χ4n) is 0.472. The number of nitrogens with two attached hydrogens (primary N) is 1. The first-order chi connectivity index (χ1) is 6.36. The maximum atomic E-state index is 12.1. The average Bonchev–Trinajstić information content (AvgIpc) is 2.02. The third-order valence-corrected chi connectivity index (χ3v) is 1.09. The van der Waals surface area contributed by atoms with Crippen LogP contribution in [0.2, 0.25) is 0 Å². The second kappa shape index (κ2) is 5.63. The molecule has 4 nitrogen and oxygen atoms in total. The number of alkyl halides is 4. The van der Waals surface area contributed by atoms with Crippen molar-refractivity contribution in [2.24, 2.45) is 5.73 Å². The van der Waals surface area contributed by atoms with Crippen molar-refractivity contribution in [3.05, 3.63) is 0 Å². The second-order valence-corrected chi connectivity index (χ2v) is 2.28. The number of hydrogen-bond acceptors (Lipinski definition) is 3. The molecule has 0 bridgehead atoms. The minimum atomic E-state index is -4.19. The molecule has 0 aromatic heterocycles. The van der Waals surface area contributed by atoms with Crippen molar-refractivity contribution in [2.45, 2.75) is 12.3 Å². The highest BCUT2D eigenvalue weighted by Crippen LogP contribution is 2.22. The molecule has 14 heavy (non-hydrogen) atoms. The molecule has 0 radical (unpaired) electrons. The maximum absolute atomic E-state index is 12.1. The molecular formula is C6H9F4NO3. The van der Waals surface area contributed by atoms with Crippen molar-refractivity contribution in [2.75, 3.05) is 19.8 Å². The molecule has 0 spiro atoms. The Labute approximate surface area is 77.0 Å². The first-order valence-corrected chi connectivity index (χ1v) is 3.52. The predicted octanol–water partition coefficient (Wildman–Crippen LogP) is 0.999. The van der Waals surface area contributed by atoms with Crippen LogP contribution in [0.1, 0.15) is 0 Å². The summed E-state index contributed by atoms with van der Waals surface area (Å²) in [6, 6.07) is 0. The molecule has 0 aromatic rings. The molecule has 0 heterocycles. The molecule has 2 N–H and O–H groups in total. The molecule has 0 saturated carbocycles. The number of amides is 1. The Bertz CT molecular complexity index is 188. The molecule has 84 valence electrons. The molecule has 0 saturated heterocycles. The lowest BCUT2D eigenvalue weighted by atomic mass is 10.4. The second-order valence-electron chi connectivity index (χ2n) is 2.28. The van der Waals surface area contributed by atoms with E-state index in [0.29, 0.717) is 0 Å². The van der Waals surface area contributed by atoms with Crippen LogP contribution >= 0.6 is 0 Å². The number of hydrogen-bond donors (Lipinski definition) is 1. The fourth-order valence-corrected chi connectivity index (χ4v) is 0.472. The van der Waals surface area contributed by atoms with Crippen LogP contribution in [0.4, 0.5) is 22.4 Å². The summed E-state index contributed by atoms with van der Waals surface area (Å²) < 4.78 is 55.5. The van der Waals surface area contributed by atoms with Gasteiger partial charge in [0.05, 0.1) is 6.61 Å². The van der Waals surface area contributed by atoms with Crippen molar-refractivity contribution in [1.29, 1.82) is 0 Å². The van der Waals surface area contributed by atoms with E-state index in [4.69, 9.17) is 0 Å².